The second-order valence-corrected chi connectivity index (χ2v) is 16.3. The number of hydrogen-bond donors (Lipinski definition) is 0. The van der Waals surface area contributed by atoms with Gasteiger partial charge < -0.3 is 58.1 Å². The van der Waals surface area contributed by atoms with E-state index in [0.717, 1.165) is 166 Å². The zero-order chi connectivity index (χ0) is 41.2. The van der Waals surface area contributed by atoms with Gasteiger partial charge in [-0.15, -0.1) is 0 Å². The highest BCUT2D eigenvalue weighted by Gasteiger charge is 2.28. The molecular weight excluding hydrogens is 808 g/mol. The summed E-state index contributed by atoms with van der Waals surface area (Å²) >= 11 is 6.87. The second kappa shape index (κ2) is 21.5. The maximum absolute atomic E-state index is 6.87. The first-order chi connectivity index (χ1) is 30.2. The van der Waals surface area contributed by atoms with Gasteiger partial charge in [-0.05, 0) is 24.3 Å². The van der Waals surface area contributed by atoms with E-state index in [0.29, 0.717) is 31.5 Å². The van der Waals surface area contributed by atoms with Gasteiger partial charge in [0.15, 0.2) is 11.6 Å². The Labute approximate surface area is 371 Å². The zero-order valence-electron chi connectivity index (χ0n) is 35.2. The number of anilines is 8. The van der Waals surface area contributed by atoms with E-state index in [1.165, 1.54) is 11.4 Å². The molecule has 2 aromatic heterocycles. The number of para-hydroxylation sites is 2. The van der Waals surface area contributed by atoms with Gasteiger partial charge in [0, 0.05) is 122 Å². The van der Waals surface area contributed by atoms with E-state index in [-0.39, 0.29) is 7.43 Å². The number of benzene rings is 2. The van der Waals surface area contributed by atoms with E-state index in [1.807, 2.05) is 0 Å². The fourth-order valence-corrected chi connectivity index (χ4v) is 8.91. The van der Waals surface area contributed by atoms with Crippen molar-refractivity contribution in [2.75, 3.05) is 197 Å². The van der Waals surface area contributed by atoms with Crippen LogP contribution in [0.1, 0.15) is 7.43 Å². The van der Waals surface area contributed by atoms with Gasteiger partial charge in [-0.25, -0.2) is 0 Å². The Kier molecular flexibility index (Phi) is 15.2. The third-order valence-corrected chi connectivity index (χ3v) is 12.5. The fourth-order valence-electron chi connectivity index (χ4n) is 8.59. The molecule has 6 aliphatic heterocycles. The lowest BCUT2D eigenvalue weighted by Crippen LogP contribution is -2.47. The number of aromatic nitrogens is 4. The Balaban J connectivity index is 0.000000168. The first-order valence-electron chi connectivity index (χ1n) is 22.0. The molecule has 16 nitrogen and oxygen atoms in total. The van der Waals surface area contributed by atoms with Crippen molar-refractivity contribution in [1.29, 1.82) is 0 Å². The molecule has 0 amide bonds. The lowest BCUT2D eigenvalue weighted by molar-refractivity contribution is 0.121. The number of hydrogen-bond acceptors (Lipinski definition) is 16. The average molecular weight is 872 g/mol. The number of nitrogens with zero attached hydrogens (tertiary/aromatic N) is 12. The quantitative estimate of drug-likeness (QED) is 0.251. The first kappa shape index (κ1) is 43.8. The number of ether oxygens (including phenoxy) is 4. The number of piperazine rings is 2. The molecule has 0 unspecified atom stereocenters. The predicted octanol–water partition coefficient (Wildman–Crippen LogP) is 4.24. The van der Waals surface area contributed by atoms with Crippen LogP contribution in [0.4, 0.5) is 46.5 Å². The van der Waals surface area contributed by atoms with E-state index in [9.17, 15) is 0 Å². The van der Waals surface area contributed by atoms with Gasteiger partial charge >= 0.3 is 0 Å². The van der Waals surface area contributed by atoms with Crippen LogP contribution in [0.2, 0.25) is 5.02 Å². The maximum atomic E-state index is 6.87. The molecule has 2 aromatic carbocycles. The highest BCUT2D eigenvalue weighted by atomic mass is 35.5. The molecule has 6 saturated heterocycles. The predicted molar refractivity (Wildman–Crippen MR) is 250 cm³/mol. The number of morpholine rings is 4. The summed E-state index contributed by atoms with van der Waals surface area (Å²) < 4.78 is 22.2. The lowest BCUT2D eigenvalue weighted by Gasteiger charge is -2.38. The van der Waals surface area contributed by atoms with Crippen LogP contribution in [0.5, 0.6) is 0 Å². The van der Waals surface area contributed by atoms with Crippen LogP contribution in [0.3, 0.4) is 0 Å². The molecule has 4 aromatic rings. The van der Waals surface area contributed by atoms with Crippen molar-refractivity contribution >= 4 is 58.1 Å². The van der Waals surface area contributed by atoms with Crippen LogP contribution in [-0.2, 0) is 18.9 Å². The van der Waals surface area contributed by atoms with Crippen LogP contribution in [-0.4, -0.2) is 178 Å². The van der Waals surface area contributed by atoms with E-state index in [1.54, 1.807) is 0 Å². The standard InChI is InChI=1S/C22H29ClN6O2.C22H30N6O2.CH4/c23-19-20(27-10-14-30-15-11-27)24-22(25-21(19)28-12-16-31-17-13-28)29-8-6-26(7-9-29)18-4-2-1-3-5-18;1-2-4-19(5-3-1)25-6-8-28(9-7-25)22-23-20(26-10-14-29-15-11-26)18-21(24-22)27-12-16-30-17-13-27;/h1-5H,6-17H2;1-5,18H,6-17H2;1H4. The molecule has 0 radical (unpaired) electrons. The van der Waals surface area contributed by atoms with Crippen molar-refractivity contribution in [3.05, 3.63) is 71.8 Å². The number of halogens is 1. The largest absolute Gasteiger partial charge is 0.378 e. The summed E-state index contributed by atoms with van der Waals surface area (Å²) in [5.41, 5.74) is 2.55. The topological polar surface area (TPSA) is 114 Å². The normalized spacial score (nSPS) is 20.1. The molecule has 17 heteroatoms. The van der Waals surface area contributed by atoms with Crippen LogP contribution in [0.15, 0.2) is 66.7 Å². The number of rotatable bonds is 8. The van der Waals surface area contributed by atoms with Gasteiger partial charge in [0.1, 0.15) is 16.7 Å². The van der Waals surface area contributed by atoms with Crippen molar-refractivity contribution in [1.82, 2.24) is 19.9 Å². The van der Waals surface area contributed by atoms with E-state index in [4.69, 9.17) is 50.5 Å². The van der Waals surface area contributed by atoms with Crippen molar-refractivity contribution in [3.8, 4) is 0 Å². The molecule has 0 N–H and O–H groups in total. The van der Waals surface area contributed by atoms with Crippen LogP contribution in [0, 0.1) is 0 Å². The summed E-state index contributed by atoms with van der Waals surface area (Å²) in [6.45, 7) is 19.9. The molecule has 8 heterocycles. The molecule has 62 heavy (non-hydrogen) atoms. The van der Waals surface area contributed by atoms with Gasteiger partial charge in [0.05, 0.1) is 52.9 Å². The zero-order valence-corrected chi connectivity index (χ0v) is 36.0. The third kappa shape index (κ3) is 10.7. The SMILES string of the molecule is C.Clc1c(N2CCOCC2)nc(N2CCN(c3ccccc3)CC2)nc1N1CCOCC1.c1ccc(N2CCN(c3nc(N4CCOCC4)cc(N4CCOCC4)n3)CC2)cc1. The average Bonchev–Trinajstić information content (AvgIpc) is 3.36. The van der Waals surface area contributed by atoms with Crippen LogP contribution >= 0.6 is 11.6 Å². The molecule has 0 saturated carbocycles. The third-order valence-electron chi connectivity index (χ3n) is 12.2. The van der Waals surface area contributed by atoms with Crippen molar-refractivity contribution in [2.24, 2.45) is 0 Å². The summed E-state index contributed by atoms with van der Waals surface area (Å²) in [5.74, 6) is 5.27. The van der Waals surface area contributed by atoms with E-state index < -0.39 is 0 Å². The van der Waals surface area contributed by atoms with Gasteiger partial charge in [0.25, 0.3) is 0 Å². The van der Waals surface area contributed by atoms with Gasteiger partial charge in [-0.3, -0.25) is 0 Å². The summed E-state index contributed by atoms with van der Waals surface area (Å²) in [7, 11) is 0. The summed E-state index contributed by atoms with van der Waals surface area (Å²) in [5, 5.41) is 0.635. The summed E-state index contributed by atoms with van der Waals surface area (Å²) in [6, 6.07) is 23.4. The van der Waals surface area contributed by atoms with Crippen molar-refractivity contribution < 1.29 is 18.9 Å². The Morgan fingerprint density at radius 1 is 0.355 bits per heavy atom. The van der Waals surface area contributed by atoms with E-state index >= 15 is 0 Å². The summed E-state index contributed by atoms with van der Waals surface area (Å²) in [6.07, 6.45) is 0. The van der Waals surface area contributed by atoms with Crippen molar-refractivity contribution in [2.45, 2.75) is 7.43 Å². The highest BCUT2D eigenvalue weighted by molar-refractivity contribution is 6.35. The van der Waals surface area contributed by atoms with E-state index in [2.05, 4.69) is 106 Å². The van der Waals surface area contributed by atoms with Crippen LogP contribution < -0.4 is 39.2 Å². The Bertz CT molecular complexity index is 1890. The Hall–Kier alpha value is -4.87. The monoisotopic (exact) mass is 870 g/mol. The van der Waals surface area contributed by atoms with Gasteiger partial charge in [-0.1, -0.05) is 55.4 Å². The molecular formula is C45H63ClN12O4. The molecule has 0 spiro atoms. The van der Waals surface area contributed by atoms with Crippen molar-refractivity contribution in [3.63, 3.8) is 0 Å². The van der Waals surface area contributed by atoms with Gasteiger partial charge in [0.2, 0.25) is 11.9 Å². The maximum Gasteiger partial charge on any atom is 0.229 e. The second-order valence-electron chi connectivity index (χ2n) is 15.9. The Morgan fingerprint density at radius 3 is 1.02 bits per heavy atom. The molecule has 6 fully saturated rings. The smallest absolute Gasteiger partial charge is 0.229 e. The minimum absolute atomic E-state index is 0. The molecule has 0 bridgehead atoms. The Morgan fingerprint density at radius 2 is 0.661 bits per heavy atom. The molecule has 6 aliphatic rings. The molecule has 334 valence electrons. The molecule has 0 atom stereocenters. The molecule has 10 rings (SSSR count). The summed E-state index contributed by atoms with van der Waals surface area (Å²) in [4.78, 5) is 38.4. The lowest BCUT2D eigenvalue weighted by atomic mass is 10.2. The minimum Gasteiger partial charge on any atom is -0.378 e. The van der Waals surface area contributed by atoms with Crippen LogP contribution in [0.25, 0.3) is 0 Å². The molecule has 0 aliphatic carbocycles. The fraction of sp³-hybridized carbons (Fsp3) is 0.556. The minimum atomic E-state index is 0. The highest BCUT2D eigenvalue weighted by Crippen LogP contribution is 2.36. The van der Waals surface area contributed by atoms with Gasteiger partial charge in [-0.2, -0.15) is 19.9 Å². The first-order valence-corrected chi connectivity index (χ1v) is 22.4.